The highest BCUT2D eigenvalue weighted by atomic mass is 35.5. The third kappa shape index (κ3) is 4.71. The molecule has 0 fully saturated rings. The van der Waals surface area contributed by atoms with E-state index in [2.05, 4.69) is 83.4 Å². The van der Waals surface area contributed by atoms with Gasteiger partial charge in [-0.05, 0) is 82.0 Å². The van der Waals surface area contributed by atoms with E-state index in [1.807, 2.05) is 6.07 Å². The number of rotatable bonds is 6. The van der Waals surface area contributed by atoms with E-state index in [9.17, 15) is 4.79 Å². The van der Waals surface area contributed by atoms with Gasteiger partial charge in [0.25, 0.3) is 5.91 Å². The Balaban J connectivity index is 0.00000253. The molecule has 1 aliphatic carbocycles. The molecule has 4 aromatic carbocycles. The third-order valence-corrected chi connectivity index (χ3v) is 7.49. The topological polar surface area (TPSA) is 41.1 Å². The molecule has 0 bridgehead atoms. The normalized spacial score (nSPS) is 15.6. The molecule has 178 valence electrons. The first kappa shape index (κ1) is 23.6. The molecule has 4 aromatic rings. The number of amides is 1. The van der Waals surface area contributed by atoms with Crippen molar-refractivity contribution in [3.8, 4) is 11.1 Å². The number of nitrogens with one attached hydrogen (secondary N) is 2. The van der Waals surface area contributed by atoms with Gasteiger partial charge in [0.05, 0.1) is 0 Å². The van der Waals surface area contributed by atoms with Crippen LogP contribution in [0.25, 0.3) is 21.9 Å². The predicted molar refractivity (Wildman–Crippen MR) is 146 cm³/mol. The summed E-state index contributed by atoms with van der Waals surface area (Å²) in [5, 5.41) is 9.57. The molecule has 1 atom stereocenters. The van der Waals surface area contributed by atoms with Crippen molar-refractivity contribution in [3.05, 3.63) is 107 Å². The number of carbonyl (C=O) groups excluding carboxylic acids is 1. The van der Waals surface area contributed by atoms with Crippen LogP contribution < -0.4 is 10.6 Å². The summed E-state index contributed by atoms with van der Waals surface area (Å²) in [6.07, 6.45) is 5.28. The lowest BCUT2D eigenvalue weighted by atomic mass is 9.89. The van der Waals surface area contributed by atoms with Gasteiger partial charge in [-0.1, -0.05) is 73.2 Å². The van der Waals surface area contributed by atoms with E-state index in [1.165, 1.54) is 44.2 Å². The van der Waals surface area contributed by atoms with Gasteiger partial charge >= 0.3 is 0 Å². The molecule has 35 heavy (non-hydrogen) atoms. The van der Waals surface area contributed by atoms with Crippen molar-refractivity contribution >= 4 is 29.1 Å². The summed E-state index contributed by atoms with van der Waals surface area (Å²) in [6, 6.07) is 28.4. The zero-order valence-electron chi connectivity index (χ0n) is 19.8. The van der Waals surface area contributed by atoms with E-state index in [0.29, 0.717) is 6.04 Å². The lowest BCUT2D eigenvalue weighted by molar-refractivity contribution is 0.0953. The van der Waals surface area contributed by atoms with Crippen LogP contribution in [0.15, 0.2) is 78.9 Å². The van der Waals surface area contributed by atoms with Gasteiger partial charge in [-0.15, -0.1) is 12.4 Å². The van der Waals surface area contributed by atoms with Crippen molar-refractivity contribution in [2.24, 2.45) is 0 Å². The van der Waals surface area contributed by atoms with Gasteiger partial charge in [0.15, 0.2) is 0 Å². The highest BCUT2D eigenvalue weighted by molar-refractivity contribution is 5.96. The number of hydrogen-bond donors (Lipinski definition) is 2. The molecule has 1 amide bonds. The summed E-state index contributed by atoms with van der Waals surface area (Å²) < 4.78 is 0. The molecule has 0 radical (unpaired) electrons. The molecule has 6 rings (SSSR count). The van der Waals surface area contributed by atoms with Crippen LogP contribution in [-0.4, -0.2) is 18.5 Å². The van der Waals surface area contributed by atoms with Crippen LogP contribution in [0.5, 0.6) is 0 Å². The van der Waals surface area contributed by atoms with Gasteiger partial charge < -0.3 is 10.6 Å². The van der Waals surface area contributed by atoms with Crippen LogP contribution in [0.1, 0.15) is 51.9 Å². The minimum absolute atomic E-state index is 0. The van der Waals surface area contributed by atoms with Gasteiger partial charge in [-0.25, -0.2) is 0 Å². The Morgan fingerprint density at radius 1 is 0.857 bits per heavy atom. The van der Waals surface area contributed by atoms with Gasteiger partial charge in [0.2, 0.25) is 0 Å². The number of hydrogen-bond acceptors (Lipinski definition) is 2. The lowest BCUT2D eigenvalue weighted by Crippen LogP contribution is -2.35. The highest BCUT2D eigenvalue weighted by Gasteiger charge is 2.21. The van der Waals surface area contributed by atoms with Crippen LogP contribution in [0.4, 0.5) is 0 Å². The van der Waals surface area contributed by atoms with Gasteiger partial charge in [-0.2, -0.15) is 0 Å². The molecule has 1 unspecified atom stereocenters. The van der Waals surface area contributed by atoms with Gasteiger partial charge in [-0.3, -0.25) is 4.79 Å². The molecular weight excluding hydrogens is 452 g/mol. The van der Waals surface area contributed by atoms with E-state index < -0.39 is 0 Å². The zero-order valence-corrected chi connectivity index (χ0v) is 20.7. The minimum Gasteiger partial charge on any atom is -0.352 e. The van der Waals surface area contributed by atoms with Crippen LogP contribution in [-0.2, 0) is 19.4 Å². The molecule has 1 heterocycles. The average molecular weight is 483 g/mol. The highest BCUT2D eigenvalue weighted by Crippen LogP contribution is 2.36. The fourth-order valence-electron chi connectivity index (χ4n) is 5.65. The quantitative estimate of drug-likeness (QED) is 0.273. The van der Waals surface area contributed by atoms with E-state index in [4.69, 9.17) is 0 Å². The number of halogens is 1. The van der Waals surface area contributed by atoms with Gasteiger partial charge in [0, 0.05) is 24.7 Å². The van der Waals surface area contributed by atoms with Crippen molar-refractivity contribution in [2.45, 2.75) is 44.7 Å². The smallest absolute Gasteiger partial charge is 0.251 e. The SMILES string of the molecule is Cl.O=C(NCCCCC1Cc2c(ccc3ccccc23)CN1)c1ccc2c(c1)-c1ccccc1C2. The molecule has 2 N–H and O–H groups in total. The number of carbonyl (C=O) groups is 1. The first-order valence-corrected chi connectivity index (χ1v) is 12.5. The second kappa shape index (κ2) is 10.2. The summed E-state index contributed by atoms with van der Waals surface area (Å²) >= 11 is 0. The number of unbranched alkanes of at least 4 members (excludes halogenated alkanes) is 1. The standard InChI is InChI=1S/C31H30N2O.ClH/c34-31(24-14-13-23-17-22-8-2-4-11-28(22)29(23)18-24)32-16-6-5-9-26-19-30-25(20-33-26)15-12-21-7-1-3-10-27(21)30;/h1-4,7-8,10-15,18,26,33H,5-6,9,16-17,19-20H2,(H,32,34);1H. The maximum atomic E-state index is 12.8. The van der Waals surface area contributed by atoms with Crippen molar-refractivity contribution in [1.82, 2.24) is 10.6 Å². The monoisotopic (exact) mass is 482 g/mol. The second-order valence-electron chi connectivity index (χ2n) is 9.66. The molecule has 0 aromatic heterocycles. The van der Waals surface area contributed by atoms with E-state index >= 15 is 0 Å². The van der Waals surface area contributed by atoms with Crippen LogP contribution in [0.2, 0.25) is 0 Å². The molecule has 0 saturated carbocycles. The molecule has 3 nitrogen and oxygen atoms in total. The van der Waals surface area contributed by atoms with Crippen molar-refractivity contribution in [1.29, 1.82) is 0 Å². The van der Waals surface area contributed by atoms with E-state index in [0.717, 1.165) is 50.8 Å². The van der Waals surface area contributed by atoms with Crippen LogP contribution in [0, 0.1) is 0 Å². The third-order valence-electron chi connectivity index (χ3n) is 7.49. The predicted octanol–water partition coefficient (Wildman–Crippen LogP) is 6.45. The van der Waals surface area contributed by atoms with Crippen molar-refractivity contribution in [2.75, 3.05) is 6.54 Å². The Bertz CT molecular complexity index is 1380. The number of benzene rings is 4. The second-order valence-corrected chi connectivity index (χ2v) is 9.66. The minimum atomic E-state index is 0. The first-order chi connectivity index (χ1) is 16.8. The summed E-state index contributed by atoms with van der Waals surface area (Å²) in [7, 11) is 0. The largest absolute Gasteiger partial charge is 0.352 e. The summed E-state index contributed by atoms with van der Waals surface area (Å²) in [5.74, 6) is 0.0309. The molecule has 1 aliphatic heterocycles. The summed E-state index contributed by atoms with van der Waals surface area (Å²) in [5.41, 5.74) is 8.83. The average Bonchev–Trinajstić information content (AvgIpc) is 3.26. The van der Waals surface area contributed by atoms with Crippen LogP contribution in [0.3, 0.4) is 0 Å². The lowest BCUT2D eigenvalue weighted by Gasteiger charge is -2.27. The Morgan fingerprint density at radius 3 is 2.60 bits per heavy atom. The van der Waals surface area contributed by atoms with Gasteiger partial charge in [0.1, 0.15) is 0 Å². The Labute approximate surface area is 213 Å². The Kier molecular flexibility index (Phi) is 6.90. The summed E-state index contributed by atoms with van der Waals surface area (Å²) in [4.78, 5) is 12.8. The summed E-state index contributed by atoms with van der Waals surface area (Å²) in [6.45, 7) is 1.67. The Morgan fingerprint density at radius 2 is 1.66 bits per heavy atom. The fraction of sp³-hybridized carbons (Fsp3) is 0.258. The molecule has 4 heteroatoms. The van der Waals surface area contributed by atoms with Crippen LogP contribution >= 0.6 is 12.4 Å². The molecule has 2 aliphatic rings. The van der Waals surface area contributed by atoms with Crippen molar-refractivity contribution < 1.29 is 4.79 Å². The molecular formula is C31H31ClN2O. The molecule has 0 spiro atoms. The first-order valence-electron chi connectivity index (χ1n) is 12.5. The fourth-order valence-corrected chi connectivity index (χ4v) is 5.65. The van der Waals surface area contributed by atoms with E-state index in [1.54, 1.807) is 0 Å². The maximum Gasteiger partial charge on any atom is 0.251 e. The Hall–Kier alpha value is -3.14. The zero-order chi connectivity index (χ0) is 22.9. The molecule has 0 saturated heterocycles. The van der Waals surface area contributed by atoms with Crippen molar-refractivity contribution in [3.63, 3.8) is 0 Å². The van der Waals surface area contributed by atoms with E-state index in [-0.39, 0.29) is 18.3 Å². The number of fused-ring (bicyclic) bond motifs is 6. The maximum absolute atomic E-state index is 12.8.